The topological polar surface area (TPSA) is 60.2 Å². The summed E-state index contributed by atoms with van der Waals surface area (Å²) in [6.07, 6.45) is 5.65. The van der Waals surface area contributed by atoms with Gasteiger partial charge < -0.3 is 9.64 Å². The summed E-state index contributed by atoms with van der Waals surface area (Å²) in [5.41, 5.74) is 1.19. The van der Waals surface area contributed by atoms with E-state index in [1.54, 1.807) is 11.0 Å². The highest BCUT2D eigenvalue weighted by molar-refractivity contribution is 5.76. The standard InChI is InChI=1S/C17H22N4O2/c22-17(8-11-21-14-18-13-19-21)20-9-6-16(7-10-20)23-12-15-4-2-1-3-5-15/h1-5,13-14,16H,6-12H2. The van der Waals surface area contributed by atoms with Crippen molar-refractivity contribution in [2.24, 2.45) is 0 Å². The van der Waals surface area contributed by atoms with E-state index in [4.69, 9.17) is 4.74 Å². The molecule has 2 heterocycles. The lowest BCUT2D eigenvalue weighted by atomic mass is 10.1. The Morgan fingerprint density at radius 1 is 1.22 bits per heavy atom. The van der Waals surface area contributed by atoms with Crippen LogP contribution in [0.4, 0.5) is 0 Å². The van der Waals surface area contributed by atoms with Gasteiger partial charge in [0, 0.05) is 19.5 Å². The molecule has 0 aliphatic carbocycles. The van der Waals surface area contributed by atoms with Gasteiger partial charge in [0.1, 0.15) is 12.7 Å². The maximum atomic E-state index is 12.2. The SMILES string of the molecule is O=C(CCn1cncn1)N1CCC(OCc2ccccc2)CC1. The van der Waals surface area contributed by atoms with Crippen molar-refractivity contribution in [3.63, 3.8) is 0 Å². The first-order chi connectivity index (χ1) is 11.3. The molecule has 1 aliphatic heterocycles. The van der Waals surface area contributed by atoms with E-state index < -0.39 is 0 Å². The Balaban J connectivity index is 1.37. The highest BCUT2D eigenvalue weighted by Gasteiger charge is 2.23. The maximum absolute atomic E-state index is 12.2. The molecule has 1 saturated heterocycles. The summed E-state index contributed by atoms with van der Waals surface area (Å²) >= 11 is 0. The first-order valence-electron chi connectivity index (χ1n) is 8.07. The highest BCUT2D eigenvalue weighted by atomic mass is 16.5. The maximum Gasteiger partial charge on any atom is 0.224 e. The van der Waals surface area contributed by atoms with Crippen LogP contribution in [0.5, 0.6) is 0 Å². The quantitative estimate of drug-likeness (QED) is 0.817. The average molecular weight is 314 g/mol. The molecule has 0 spiro atoms. The molecule has 0 unspecified atom stereocenters. The molecular formula is C17H22N4O2. The predicted molar refractivity (Wildman–Crippen MR) is 85.5 cm³/mol. The van der Waals surface area contributed by atoms with Crippen molar-refractivity contribution in [1.82, 2.24) is 19.7 Å². The molecule has 0 N–H and O–H groups in total. The first kappa shape index (κ1) is 15.7. The van der Waals surface area contributed by atoms with E-state index in [0.29, 0.717) is 19.6 Å². The zero-order chi connectivity index (χ0) is 15.9. The van der Waals surface area contributed by atoms with Crippen LogP contribution in [0.3, 0.4) is 0 Å². The summed E-state index contributed by atoms with van der Waals surface area (Å²) in [5.74, 6) is 0.182. The average Bonchev–Trinajstić information content (AvgIpc) is 3.13. The third-order valence-corrected chi connectivity index (χ3v) is 4.14. The highest BCUT2D eigenvalue weighted by Crippen LogP contribution is 2.16. The molecule has 0 saturated carbocycles. The van der Waals surface area contributed by atoms with Gasteiger partial charge in [-0.15, -0.1) is 0 Å². The van der Waals surface area contributed by atoms with Gasteiger partial charge in [0.15, 0.2) is 0 Å². The predicted octanol–water partition coefficient (Wildman–Crippen LogP) is 1.88. The van der Waals surface area contributed by atoms with Gasteiger partial charge in [-0.05, 0) is 18.4 Å². The molecule has 2 aromatic rings. The summed E-state index contributed by atoms with van der Waals surface area (Å²) in [4.78, 5) is 18.0. The molecule has 1 aliphatic rings. The number of carbonyl (C=O) groups is 1. The lowest BCUT2D eigenvalue weighted by Gasteiger charge is -2.32. The van der Waals surface area contributed by atoms with E-state index in [9.17, 15) is 4.79 Å². The van der Waals surface area contributed by atoms with Crippen molar-refractivity contribution >= 4 is 5.91 Å². The monoisotopic (exact) mass is 314 g/mol. The second kappa shape index (κ2) is 7.87. The largest absolute Gasteiger partial charge is 0.373 e. The van der Waals surface area contributed by atoms with E-state index in [2.05, 4.69) is 22.2 Å². The van der Waals surface area contributed by atoms with Crippen LogP contribution < -0.4 is 0 Å². The fourth-order valence-corrected chi connectivity index (χ4v) is 2.78. The first-order valence-corrected chi connectivity index (χ1v) is 8.07. The number of benzene rings is 1. The molecule has 1 fully saturated rings. The second-order valence-electron chi connectivity index (χ2n) is 5.79. The molecule has 23 heavy (non-hydrogen) atoms. The Kier molecular flexibility index (Phi) is 5.37. The van der Waals surface area contributed by atoms with Gasteiger partial charge in [-0.3, -0.25) is 9.48 Å². The van der Waals surface area contributed by atoms with Gasteiger partial charge in [-0.25, -0.2) is 4.98 Å². The summed E-state index contributed by atoms with van der Waals surface area (Å²) in [5, 5.41) is 4.01. The third kappa shape index (κ3) is 4.63. The number of amides is 1. The molecular weight excluding hydrogens is 292 g/mol. The Morgan fingerprint density at radius 2 is 2.00 bits per heavy atom. The van der Waals surface area contributed by atoms with Crippen LogP contribution in [0.15, 0.2) is 43.0 Å². The van der Waals surface area contributed by atoms with Crippen molar-refractivity contribution in [1.29, 1.82) is 0 Å². The normalized spacial score (nSPS) is 15.7. The van der Waals surface area contributed by atoms with Crippen LogP contribution in [0, 0.1) is 0 Å². The molecule has 1 aromatic heterocycles. The second-order valence-corrected chi connectivity index (χ2v) is 5.79. The summed E-state index contributed by atoms with van der Waals surface area (Å²) in [6.45, 7) is 2.78. The molecule has 6 heteroatoms. The number of hydrogen-bond acceptors (Lipinski definition) is 4. The molecule has 1 amide bonds. The molecule has 0 atom stereocenters. The number of hydrogen-bond donors (Lipinski definition) is 0. The molecule has 0 radical (unpaired) electrons. The van der Waals surface area contributed by atoms with Gasteiger partial charge in [0.25, 0.3) is 0 Å². The summed E-state index contributed by atoms with van der Waals surface area (Å²) in [6, 6.07) is 10.2. The number of rotatable bonds is 6. The van der Waals surface area contributed by atoms with Gasteiger partial charge in [-0.1, -0.05) is 30.3 Å². The number of piperidine rings is 1. The Morgan fingerprint density at radius 3 is 2.70 bits per heavy atom. The molecule has 3 rings (SSSR count). The molecule has 0 bridgehead atoms. The number of nitrogens with zero attached hydrogens (tertiary/aromatic N) is 4. The van der Waals surface area contributed by atoms with Gasteiger partial charge in [0.05, 0.1) is 19.3 Å². The van der Waals surface area contributed by atoms with E-state index in [1.807, 2.05) is 23.1 Å². The van der Waals surface area contributed by atoms with E-state index >= 15 is 0 Å². The van der Waals surface area contributed by atoms with E-state index in [-0.39, 0.29) is 12.0 Å². The summed E-state index contributed by atoms with van der Waals surface area (Å²) in [7, 11) is 0. The number of aryl methyl sites for hydroxylation is 1. The minimum atomic E-state index is 0.182. The van der Waals surface area contributed by atoms with Crippen molar-refractivity contribution < 1.29 is 9.53 Å². The summed E-state index contributed by atoms with van der Waals surface area (Å²) < 4.78 is 7.64. The van der Waals surface area contributed by atoms with Crippen molar-refractivity contribution in [3.8, 4) is 0 Å². The van der Waals surface area contributed by atoms with Gasteiger partial charge >= 0.3 is 0 Å². The van der Waals surface area contributed by atoms with Crippen LogP contribution >= 0.6 is 0 Å². The van der Waals surface area contributed by atoms with Crippen molar-refractivity contribution in [3.05, 3.63) is 48.5 Å². The fourth-order valence-electron chi connectivity index (χ4n) is 2.78. The van der Waals surface area contributed by atoms with Crippen molar-refractivity contribution in [2.75, 3.05) is 13.1 Å². The number of likely N-dealkylation sites (tertiary alicyclic amines) is 1. The van der Waals surface area contributed by atoms with E-state index in [0.717, 1.165) is 25.9 Å². The van der Waals surface area contributed by atoms with Crippen LogP contribution in [0.25, 0.3) is 0 Å². The lowest BCUT2D eigenvalue weighted by Crippen LogP contribution is -2.41. The minimum absolute atomic E-state index is 0.182. The fraction of sp³-hybridized carbons (Fsp3) is 0.471. The van der Waals surface area contributed by atoms with Crippen molar-refractivity contribution in [2.45, 2.75) is 38.5 Å². The van der Waals surface area contributed by atoms with Crippen LogP contribution in [-0.2, 0) is 22.7 Å². The third-order valence-electron chi connectivity index (χ3n) is 4.14. The Bertz CT molecular complexity index is 592. The van der Waals surface area contributed by atoms with Crippen LogP contribution in [-0.4, -0.2) is 44.8 Å². The molecule has 1 aromatic carbocycles. The number of aromatic nitrogens is 3. The van der Waals surface area contributed by atoms with E-state index in [1.165, 1.54) is 11.9 Å². The molecule has 6 nitrogen and oxygen atoms in total. The number of carbonyl (C=O) groups excluding carboxylic acids is 1. The Hall–Kier alpha value is -2.21. The molecule has 122 valence electrons. The van der Waals surface area contributed by atoms with Gasteiger partial charge in [-0.2, -0.15) is 5.10 Å². The smallest absolute Gasteiger partial charge is 0.224 e. The zero-order valence-corrected chi connectivity index (χ0v) is 13.2. The Labute approximate surface area is 136 Å². The minimum Gasteiger partial charge on any atom is -0.373 e. The zero-order valence-electron chi connectivity index (χ0n) is 13.2. The van der Waals surface area contributed by atoms with Gasteiger partial charge in [0.2, 0.25) is 5.91 Å². The van der Waals surface area contributed by atoms with Crippen LogP contribution in [0.2, 0.25) is 0 Å². The lowest BCUT2D eigenvalue weighted by molar-refractivity contribution is -0.134. The van der Waals surface area contributed by atoms with Crippen LogP contribution in [0.1, 0.15) is 24.8 Å². The number of ether oxygens (including phenoxy) is 1.